The lowest BCUT2D eigenvalue weighted by Crippen LogP contribution is -2.44. The number of nitrogens with zero attached hydrogens (tertiary/aromatic N) is 1. The molecule has 0 aromatic carbocycles. The summed E-state index contributed by atoms with van der Waals surface area (Å²) in [7, 11) is 0. The number of hydrogen-bond acceptors (Lipinski definition) is 4. The van der Waals surface area contributed by atoms with Crippen molar-refractivity contribution < 1.29 is 14.6 Å². The number of aliphatic hydroxyl groups excluding tert-OH is 1. The minimum atomic E-state index is -0.479. The number of ether oxygens (including phenoxy) is 1. The van der Waals surface area contributed by atoms with Gasteiger partial charge in [0, 0.05) is 19.6 Å². The van der Waals surface area contributed by atoms with Gasteiger partial charge in [-0.25, -0.2) is 4.79 Å². The molecule has 2 rings (SSSR count). The zero-order valence-electron chi connectivity index (χ0n) is 11.2. The van der Waals surface area contributed by atoms with Gasteiger partial charge in [-0.1, -0.05) is 0 Å². The van der Waals surface area contributed by atoms with Gasteiger partial charge in [0.05, 0.1) is 12.6 Å². The molecular weight excluding hydrogens is 256 g/mol. The molecule has 2 aliphatic heterocycles. The lowest BCUT2D eigenvalue weighted by Gasteiger charge is -2.29. The van der Waals surface area contributed by atoms with E-state index >= 15 is 0 Å². The van der Waals surface area contributed by atoms with Crippen molar-refractivity contribution in [2.45, 2.75) is 32.4 Å². The van der Waals surface area contributed by atoms with Crippen LogP contribution in [-0.2, 0) is 4.74 Å². The Hall–Kier alpha value is -0.520. The molecule has 2 heterocycles. The van der Waals surface area contributed by atoms with Crippen LogP contribution < -0.4 is 5.32 Å². The number of hydrogen-bond donors (Lipinski definition) is 2. The van der Waals surface area contributed by atoms with Gasteiger partial charge in [-0.05, 0) is 32.6 Å². The predicted molar refractivity (Wildman–Crippen MR) is 70.9 cm³/mol. The molecule has 106 valence electrons. The van der Waals surface area contributed by atoms with Gasteiger partial charge in [-0.3, -0.25) is 0 Å². The Balaban J connectivity index is 0.00000162. The normalized spacial score (nSPS) is 30.9. The van der Waals surface area contributed by atoms with Crippen molar-refractivity contribution in [2.75, 3.05) is 26.2 Å². The number of carbonyl (C=O) groups excluding carboxylic acids is 1. The summed E-state index contributed by atoms with van der Waals surface area (Å²) in [5, 5.41) is 12.8. The van der Waals surface area contributed by atoms with Crippen LogP contribution in [0.2, 0.25) is 0 Å². The number of amides is 1. The van der Waals surface area contributed by atoms with Crippen molar-refractivity contribution in [3.05, 3.63) is 0 Å². The second kappa shape index (κ2) is 5.63. The van der Waals surface area contributed by atoms with E-state index in [1.807, 2.05) is 20.8 Å². The van der Waals surface area contributed by atoms with E-state index in [1.54, 1.807) is 4.90 Å². The standard InChI is InChI=1S/C12H22N2O3.ClH/c1-12(2,3)17-11(16)14-6-8-4-13-5-9(8)10(14)7-15;/h8-10,13,15H,4-7H2,1-3H3;1H. The first-order chi connectivity index (χ1) is 7.92. The fourth-order valence-electron chi connectivity index (χ4n) is 2.79. The van der Waals surface area contributed by atoms with E-state index in [1.165, 1.54) is 0 Å². The first kappa shape index (κ1) is 15.5. The summed E-state index contributed by atoms with van der Waals surface area (Å²) in [6, 6.07) is -0.0927. The molecule has 2 N–H and O–H groups in total. The Labute approximate surface area is 114 Å². The first-order valence-electron chi connectivity index (χ1n) is 6.23. The third kappa shape index (κ3) is 3.08. The van der Waals surface area contributed by atoms with E-state index in [0.29, 0.717) is 18.4 Å². The average molecular weight is 279 g/mol. The summed E-state index contributed by atoms with van der Waals surface area (Å²) in [4.78, 5) is 13.7. The van der Waals surface area contributed by atoms with Crippen LogP contribution in [0.3, 0.4) is 0 Å². The highest BCUT2D eigenvalue weighted by Crippen LogP contribution is 2.33. The fraction of sp³-hybridized carbons (Fsp3) is 0.917. The third-order valence-electron chi connectivity index (χ3n) is 3.53. The highest BCUT2D eigenvalue weighted by molar-refractivity contribution is 5.85. The zero-order valence-corrected chi connectivity index (χ0v) is 12.0. The number of carbonyl (C=O) groups is 1. The maximum Gasteiger partial charge on any atom is 0.410 e. The van der Waals surface area contributed by atoms with Crippen LogP contribution in [-0.4, -0.2) is 54.0 Å². The molecule has 3 atom stereocenters. The Kier molecular flexibility index (Phi) is 4.86. The van der Waals surface area contributed by atoms with Crippen LogP contribution in [0.5, 0.6) is 0 Å². The smallest absolute Gasteiger partial charge is 0.410 e. The van der Waals surface area contributed by atoms with Crippen molar-refractivity contribution in [2.24, 2.45) is 11.8 Å². The minimum absolute atomic E-state index is 0. The number of halogens is 1. The highest BCUT2D eigenvalue weighted by atomic mass is 35.5. The van der Waals surface area contributed by atoms with Crippen LogP contribution in [0.4, 0.5) is 4.79 Å². The average Bonchev–Trinajstić information content (AvgIpc) is 2.72. The largest absolute Gasteiger partial charge is 0.444 e. The first-order valence-corrected chi connectivity index (χ1v) is 6.23. The molecule has 3 unspecified atom stereocenters. The van der Waals surface area contributed by atoms with Crippen LogP contribution in [0.15, 0.2) is 0 Å². The molecule has 0 aliphatic carbocycles. The van der Waals surface area contributed by atoms with Crippen molar-refractivity contribution in [1.29, 1.82) is 0 Å². The van der Waals surface area contributed by atoms with Gasteiger partial charge in [0.25, 0.3) is 0 Å². The Bertz CT molecular complexity index is 306. The summed E-state index contributed by atoms with van der Waals surface area (Å²) in [6.07, 6.45) is -0.300. The molecular formula is C12H23ClN2O3. The molecule has 6 heteroatoms. The summed E-state index contributed by atoms with van der Waals surface area (Å²) < 4.78 is 5.37. The number of aliphatic hydroxyl groups is 1. The van der Waals surface area contributed by atoms with Gasteiger partial charge < -0.3 is 20.1 Å². The second-order valence-electron chi connectivity index (χ2n) is 5.96. The Morgan fingerprint density at radius 1 is 1.44 bits per heavy atom. The molecule has 0 aromatic heterocycles. The molecule has 0 spiro atoms. The molecule has 5 nitrogen and oxygen atoms in total. The van der Waals surface area contributed by atoms with Gasteiger partial charge in [0.15, 0.2) is 0 Å². The molecule has 0 bridgehead atoms. The van der Waals surface area contributed by atoms with Gasteiger partial charge in [-0.15, -0.1) is 12.4 Å². The van der Waals surface area contributed by atoms with Gasteiger partial charge in [0.2, 0.25) is 0 Å². The number of likely N-dealkylation sites (tertiary alicyclic amines) is 1. The van der Waals surface area contributed by atoms with Gasteiger partial charge >= 0.3 is 6.09 Å². The molecule has 1 amide bonds. The van der Waals surface area contributed by atoms with Gasteiger partial charge in [-0.2, -0.15) is 0 Å². The van der Waals surface area contributed by atoms with Gasteiger partial charge in [0.1, 0.15) is 5.60 Å². The maximum atomic E-state index is 12.0. The minimum Gasteiger partial charge on any atom is -0.444 e. The summed E-state index contributed by atoms with van der Waals surface area (Å²) in [6.45, 7) is 8.10. The molecule has 2 aliphatic rings. The lowest BCUT2D eigenvalue weighted by atomic mass is 9.95. The van der Waals surface area contributed by atoms with Crippen molar-refractivity contribution in [1.82, 2.24) is 10.2 Å². The zero-order chi connectivity index (χ0) is 12.6. The van der Waals surface area contributed by atoms with E-state index in [-0.39, 0.29) is 31.1 Å². The molecule has 0 aromatic rings. The summed E-state index contributed by atoms with van der Waals surface area (Å²) in [5.41, 5.74) is -0.479. The Morgan fingerprint density at radius 2 is 2.11 bits per heavy atom. The van der Waals surface area contributed by atoms with E-state index in [4.69, 9.17) is 4.74 Å². The van der Waals surface area contributed by atoms with E-state index in [2.05, 4.69) is 5.32 Å². The van der Waals surface area contributed by atoms with Crippen molar-refractivity contribution in [3.63, 3.8) is 0 Å². The van der Waals surface area contributed by atoms with E-state index in [0.717, 1.165) is 13.1 Å². The van der Waals surface area contributed by atoms with Crippen LogP contribution in [0, 0.1) is 11.8 Å². The molecule has 2 fully saturated rings. The molecule has 2 saturated heterocycles. The lowest BCUT2D eigenvalue weighted by molar-refractivity contribution is 0.0144. The fourth-order valence-corrected chi connectivity index (χ4v) is 2.79. The quantitative estimate of drug-likeness (QED) is 0.747. The Morgan fingerprint density at radius 3 is 2.67 bits per heavy atom. The van der Waals surface area contributed by atoms with Crippen LogP contribution in [0.1, 0.15) is 20.8 Å². The highest BCUT2D eigenvalue weighted by Gasteiger charge is 2.46. The predicted octanol–water partition coefficient (Wildman–Crippen LogP) is 0.855. The monoisotopic (exact) mass is 278 g/mol. The maximum absolute atomic E-state index is 12.0. The van der Waals surface area contributed by atoms with E-state index in [9.17, 15) is 9.90 Å². The van der Waals surface area contributed by atoms with Crippen LogP contribution >= 0.6 is 12.4 Å². The second-order valence-corrected chi connectivity index (χ2v) is 5.96. The number of nitrogens with one attached hydrogen (secondary N) is 1. The van der Waals surface area contributed by atoms with Crippen LogP contribution in [0.25, 0.3) is 0 Å². The molecule has 0 saturated carbocycles. The summed E-state index contributed by atoms with van der Waals surface area (Å²) in [5.74, 6) is 0.826. The van der Waals surface area contributed by atoms with E-state index < -0.39 is 5.60 Å². The third-order valence-corrected chi connectivity index (χ3v) is 3.53. The number of fused-ring (bicyclic) bond motifs is 1. The number of rotatable bonds is 1. The van der Waals surface area contributed by atoms with Crippen molar-refractivity contribution >= 4 is 18.5 Å². The topological polar surface area (TPSA) is 61.8 Å². The molecule has 18 heavy (non-hydrogen) atoms. The van der Waals surface area contributed by atoms with Crippen molar-refractivity contribution in [3.8, 4) is 0 Å². The summed E-state index contributed by atoms with van der Waals surface area (Å²) >= 11 is 0. The molecule has 0 radical (unpaired) electrons. The SMILES string of the molecule is CC(C)(C)OC(=O)N1CC2CNCC2C1CO.Cl.